The van der Waals surface area contributed by atoms with Gasteiger partial charge in [-0.1, -0.05) is 18.2 Å². The fourth-order valence-electron chi connectivity index (χ4n) is 2.14. The summed E-state index contributed by atoms with van der Waals surface area (Å²) in [5, 5.41) is 8.17. The highest BCUT2D eigenvalue weighted by molar-refractivity contribution is 5.51. The van der Waals surface area contributed by atoms with Crippen molar-refractivity contribution in [2.24, 2.45) is 0 Å². The first kappa shape index (κ1) is 13.6. The van der Waals surface area contributed by atoms with Crippen molar-refractivity contribution in [2.45, 2.75) is 20.0 Å². The Labute approximate surface area is 123 Å². The standard InChI is InChI=1S/C16H17N3O2/c1-12-8-9-14(20-12)10-19(2)11-15-17-18-16(21-15)13-6-4-3-5-7-13/h3-9H,10-11H2,1-2H3. The molecule has 5 nitrogen and oxygen atoms in total. The van der Waals surface area contributed by atoms with Crippen LogP contribution in [0.1, 0.15) is 17.4 Å². The molecule has 3 rings (SSSR count). The fraction of sp³-hybridized carbons (Fsp3) is 0.250. The second-order valence-electron chi connectivity index (χ2n) is 5.05. The molecule has 0 radical (unpaired) electrons. The van der Waals surface area contributed by atoms with Crippen LogP contribution in [-0.2, 0) is 13.1 Å². The third kappa shape index (κ3) is 3.38. The minimum atomic E-state index is 0.549. The molecule has 0 aliphatic heterocycles. The Hall–Kier alpha value is -2.40. The summed E-state index contributed by atoms with van der Waals surface area (Å²) in [6, 6.07) is 13.7. The van der Waals surface area contributed by atoms with Gasteiger partial charge in [-0.05, 0) is 38.2 Å². The molecule has 0 aliphatic carbocycles. The van der Waals surface area contributed by atoms with E-state index in [4.69, 9.17) is 8.83 Å². The van der Waals surface area contributed by atoms with Crippen LogP contribution in [0.2, 0.25) is 0 Å². The molecule has 3 aromatic rings. The maximum Gasteiger partial charge on any atom is 0.247 e. The summed E-state index contributed by atoms with van der Waals surface area (Å²) in [6.07, 6.45) is 0. The van der Waals surface area contributed by atoms with Gasteiger partial charge in [0.25, 0.3) is 0 Å². The monoisotopic (exact) mass is 283 g/mol. The quantitative estimate of drug-likeness (QED) is 0.719. The molecule has 108 valence electrons. The Kier molecular flexibility index (Phi) is 3.83. The lowest BCUT2D eigenvalue weighted by Gasteiger charge is -2.11. The van der Waals surface area contributed by atoms with Crippen molar-refractivity contribution >= 4 is 0 Å². The number of hydrogen-bond donors (Lipinski definition) is 0. The first-order valence-corrected chi connectivity index (χ1v) is 6.82. The van der Waals surface area contributed by atoms with Crippen LogP contribution < -0.4 is 0 Å². The van der Waals surface area contributed by atoms with E-state index in [9.17, 15) is 0 Å². The van der Waals surface area contributed by atoms with Gasteiger partial charge < -0.3 is 8.83 Å². The molecule has 0 N–H and O–H groups in total. The van der Waals surface area contributed by atoms with Gasteiger partial charge in [-0.2, -0.15) is 0 Å². The smallest absolute Gasteiger partial charge is 0.247 e. The molecular formula is C16H17N3O2. The Bertz CT molecular complexity index is 703. The normalized spacial score (nSPS) is 11.2. The summed E-state index contributed by atoms with van der Waals surface area (Å²) >= 11 is 0. The van der Waals surface area contributed by atoms with E-state index in [1.165, 1.54) is 0 Å². The molecule has 0 atom stereocenters. The van der Waals surface area contributed by atoms with Gasteiger partial charge in [0.15, 0.2) is 0 Å². The van der Waals surface area contributed by atoms with Crippen molar-refractivity contribution in [2.75, 3.05) is 7.05 Å². The number of benzene rings is 1. The molecular weight excluding hydrogens is 266 g/mol. The molecule has 0 bridgehead atoms. The number of nitrogens with zero attached hydrogens (tertiary/aromatic N) is 3. The molecule has 0 amide bonds. The summed E-state index contributed by atoms with van der Waals surface area (Å²) in [7, 11) is 1.99. The van der Waals surface area contributed by atoms with Crippen LogP contribution in [0.3, 0.4) is 0 Å². The van der Waals surface area contributed by atoms with Crippen LogP contribution in [0.5, 0.6) is 0 Å². The Morgan fingerprint density at radius 2 is 1.76 bits per heavy atom. The second kappa shape index (κ2) is 5.93. The van der Waals surface area contributed by atoms with Gasteiger partial charge in [-0.3, -0.25) is 4.90 Å². The maximum absolute atomic E-state index is 5.69. The predicted octanol–water partition coefficient (Wildman–Crippen LogP) is 3.27. The van der Waals surface area contributed by atoms with Gasteiger partial charge >= 0.3 is 0 Å². The van der Waals surface area contributed by atoms with Crippen LogP contribution in [0.25, 0.3) is 11.5 Å². The van der Waals surface area contributed by atoms with E-state index in [-0.39, 0.29) is 0 Å². The first-order chi connectivity index (χ1) is 10.2. The summed E-state index contributed by atoms with van der Waals surface area (Å²) in [5.74, 6) is 2.99. The number of aromatic nitrogens is 2. The van der Waals surface area contributed by atoms with E-state index in [2.05, 4.69) is 15.1 Å². The molecule has 0 unspecified atom stereocenters. The fourth-order valence-corrected chi connectivity index (χ4v) is 2.14. The molecule has 0 saturated heterocycles. The molecule has 0 fully saturated rings. The minimum absolute atomic E-state index is 0.549. The zero-order chi connectivity index (χ0) is 14.7. The van der Waals surface area contributed by atoms with E-state index >= 15 is 0 Å². The summed E-state index contributed by atoms with van der Waals surface area (Å²) in [6.45, 7) is 3.23. The Balaban J connectivity index is 1.64. The lowest BCUT2D eigenvalue weighted by molar-refractivity contribution is 0.259. The Morgan fingerprint density at radius 1 is 0.952 bits per heavy atom. The van der Waals surface area contributed by atoms with Gasteiger partial charge in [0.2, 0.25) is 11.8 Å². The lowest BCUT2D eigenvalue weighted by Crippen LogP contribution is -2.17. The summed E-state index contributed by atoms with van der Waals surface area (Å²) < 4.78 is 11.2. The molecule has 5 heteroatoms. The van der Waals surface area contributed by atoms with Crippen molar-refractivity contribution in [1.82, 2.24) is 15.1 Å². The first-order valence-electron chi connectivity index (χ1n) is 6.82. The van der Waals surface area contributed by atoms with E-state index in [1.807, 2.05) is 56.4 Å². The topological polar surface area (TPSA) is 55.3 Å². The average molecular weight is 283 g/mol. The van der Waals surface area contributed by atoms with E-state index in [1.54, 1.807) is 0 Å². The lowest BCUT2D eigenvalue weighted by atomic mass is 10.2. The third-order valence-electron chi connectivity index (χ3n) is 3.11. The molecule has 0 aliphatic rings. The number of aryl methyl sites for hydroxylation is 1. The highest BCUT2D eigenvalue weighted by atomic mass is 16.4. The molecule has 0 saturated carbocycles. The largest absolute Gasteiger partial charge is 0.465 e. The highest BCUT2D eigenvalue weighted by Crippen LogP contribution is 2.18. The molecule has 0 spiro atoms. The average Bonchev–Trinajstić information content (AvgIpc) is 3.09. The summed E-state index contributed by atoms with van der Waals surface area (Å²) in [4.78, 5) is 2.07. The van der Waals surface area contributed by atoms with Crippen LogP contribution in [-0.4, -0.2) is 22.1 Å². The van der Waals surface area contributed by atoms with Crippen LogP contribution in [0, 0.1) is 6.92 Å². The van der Waals surface area contributed by atoms with Gasteiger partial charge in [-0.25, -0.2) is 0 Å². The van der Waals surface area contributed by atoms with Gasteiger partial charge in [-0.15, -0.1) is 10.2 Å². The van der Waals surface area contributed by atoms with Crippen LogP contribution in [0.15, 0.2) is 51.3 Å². The number of furan rings is 1. The van der Waals surface area contributed by atoms with Crippen molar-refractivity contribution in [1.29, 1.82) is 0 Å². The number of rotatable bonds is 5. The predicted molar refractivity (Wildman–Crippen MR) is 78.4 cm³/mol. The van der Waals surface area contributed by atoms with E-state index in [0.717, 1.165) is 17.1 Å². The zero-order valence-corrected chi connectivity index (χ0v) is 12.1. The second-order valence-corrected chi connectivity index (χ2v) is 5.05. The highest BCUT2D eigenvalue weighted by Gasteiger charge is 2.11. The van der Waals surface area contributed by atoms with Gasteiger partial charge in [0.1, 0.15) is 11.5 Å². The van der Waals surface area contributed by atoms with Gasteiger partial charge in [0, 0.05) is 5.56 Å². The van der Waals surface area contributed by atoms with E-state index < -0.39 is 0 Å². The van der Waals surface area contributed by atoms with Crippen molar-refractivity contribution in [3.8, 4) is 11.5 Å². The summed E-state index contributed by atoms with van der Waals surface area (Å²) in [5.41, 5.74) is 0.931. The SMILES string of the molecule is Cc1ccc(CN(C)Cc2nnc(-c3ccccc3)o2)o1. The number of hydrogen-bond acceptors (Lipinski definition) is 5. The van der Waals surface area contributed by atoms with Crippen molar-refractivity contribution in [3.63, 3.8) is 0 Å². The van der Waals surface area contributed by atoms with Crippen LogP contribution in [0.4, 0.5) is 0 Å². The molecule has 21 heavy (non-hydrogen) atoms. The van der Waals surface area contributed by atoms with Crippen molar-refractivity contribution < 1.29 is 8.83 Å². The molecule has 2 heterocycles. The van der Waals surface area contributed by atoms with Crippen LogP contribution >= 0.6 is 0 Å². The minimum Gasteiger partial charge on any atom is -0.465 e. The zero-order valence-electron chi connectivity index (χ0n) is 12.1. The molecule has 2 aromatic heterocycles. The van der Waals surface area contributed by atoms with Gasteiger partial charge in [0.05, 0.1) is 13.1 Å². The Morgan fingerprint density at radius 3 is 2.48 bits per heavy atom. The van der Waals surface area contributed by atoms with Crippen molar-refractivity contribution in [3.05, 3.63) is 59.9 Å². The third-order valence-corrected chi connectivity index (χ3v) is 3.11. The maximum atomic E-state index is 5.69. The molecule has 1 aromatic carbocycles. The van der Waals surface area contributed by atoms with E-state index in [0.29, 0.717) is 24.9 Å².